The summed E-state index contributed by atoms with van der Waals surface area (Å²) in [6.07, 6.45) is 0.806. The van der Waals surface area contributed by atoms with Gasteiger partial charge in [0.05, 0.1) is 12.7 Å². The van der Waals surface area contributed by atoms with Crippen LogP contribution in [0, 0.1) is 11.3 Å². The molecule has 0 aliphatic rings. The molecule has 21 heavy (non-hydrogen) atoms. The topological polar surface area (TPSA) is 73.6 Å². The van der Waals surface area contributed by atoms with Gasteiger partial charge in [0, 0.05) is 19.0 Å². The van der Waals surface area contributed by atoms with Gasteiger partial charge in [0.2, 0.25) is 0 Å². The second-order valence-electron chi connectivity index (χ2n) is 5.21. The maximum Gasteiger partial charge on any atom is 0.303 e. The second kappa shape index (κ2) is 8.28. The normalized spacial score (nSPS) is 10.7. The van der Waals surface area contributed by atoms with Crippen LogP contribution in [0.4, 0.5) is 0 Å². The van der Waals surface area contributed by atoms with Crippen molar-refractivity contribution in [2.24, 2.45) is 0 Å². The summed E-state index contributed by atoms with van der Waals surface area (Å²) in [7, 11) is 1.55. The molecule has 1 N–H and O–H groups in total. The molecule has 5 heteroatoms. The first-order valence-corrected chi connectivity index (χ1v) is 7.00. The minimum Gasteiger partial charge on any atom is -0.495 e. The van der Waals surface area contributed by atoms with E-state index in [4.69, 9.17) is 15.1 Å². The SMILES string of the molecule is COc1cc(CN(CCCC(=O)O)C(C)C)ccc1C#N. The summed E-state index contributed by atoms with van der Waals surface area (Å²) in [5.74, 6) is -0.192. The van der Waals surface area contributed by atoms with Gasteiger partial charge in [0.1, 0.15) is 11.8 Å². The van der Waals surface area contributed by atoms with Gasteiger partial charge in [-0.15, -0.1) is 0 Å². The second-order valence-corrected chi connectivity index (χ2v) is 5.21. The number of rotatable bonds is 8. The van der Waals surface area contributed by atoms with E-state index in [1.165, 1.54) is 0 Å². The zero-order chi connectivity index (χ0) is 15.8. The Kier molecular flexibility index (Phi) is 6.70. The molecule has 0 spiro atoms. The lowest BCUT2D eigenvalue weighted by atomic mass is 10.1. The number of carboxylic acids is 1. The van der Waals surface area contributed by atoms with Crippen molar-refractivity contribution in [3.63, 3.8) is 0 Å². The standard InChI is InChI=1S/C16H22N2O3/c1-12(2)18(8-4-5-16(19)20)11-13-6-7-14(10-17)15(9-13)21-3/h6-7,9,12H,4-5,8,11H2,1-3H3,(H,19,20). The predicted molar refractivity (Wildman–Crippen MR) is 80.1 cm³/mol. The van der Waals surface area contributed by atoms with E-state index in [9.17, 15) is 4.79 Å². The minimum absolute atomic E-state index is 0.180. The van der Waals surface area contributed by atoms with Gasteiger partial charge < -0.3 is 9.84 Å². The molecule has 1 rings (SSSR count). The Labute approximate surface area is 125 Å². The molecule has 0 amide bonds. The summed E-state index contributed by atoms with van der Waals surface area (Å²) in [6, 6.07) is 7.94. The Morgan fingerprint density at radius 1 is 1.48 bits per heavy atom. The van der Waals surface area contributed by atoms with E-state index in [-0.39, 0.29) is 6.42 Å². The largest absolute Gasteiger partial charge is 0.495 e. The highest BCUT2D eigenvalue weighted by Crippen LogP contribution is 2.21. The van der Waals surface area contributed by atoms with Crippen LogP contribution in [0.5, 0.6) is 5.75 Å². The van der Waals surface area contributed by atoms with Crippen LogP contribution in [0.1, 0.15) is 37.8 Å². The average Bonchev–Trinajstić information content (AvgIpc) is 2.45. The molecule has 0 bridgehead atoms. The lowest BCUT2D eigenvalue weighted by Crippen LogP contribution is -2.31. The number of methoxy groups -OCH3 is 1. The molecule has 114 valence electrons. The summed E-state index contributed by atoms with van der Waals surface area (Å²) in [5.41, 5.74) is 1.57. The lowest BCUT2D eigenvalue weighted by Gasteiger charge is -2.26. The van der Waals surface area contributed by atoms with Gasteiger partial charge in [-0.25, -0.2) is 0 Å². The number of aliphatic carboxylic acids is 1. The van der Waals surface area contributed by atoms with Gasteiger partial charge in [-0.2, -0.15) is 5.26 Å². The Morgan fingerprint density at radius 3 is 2.71 bits per heavy atom. The smallest absolute Gasteiger partial charge is 0.303 e. The summed E-state index contributed by atoms with van der Waals surface area (Å²) >= 11 is 0. The van der Waals surface area contributed by atoms with Crippen LogP contribution in [0.2, 0.25) is 0 Å². The zero-order valence-corrected chi connectivity index (χ0v) is 12.8. The van der Waals surface area contributed by atoms with Crippen molar-refractivity contribution in [1.82, 2.24) is 4.90 Å². The molecular weight excluding hydrogens is 268 g/mol. The lowest BCUT2D eigenvalue weighted by molar-refractivity contribution is -0.137. The quantitative estimate of drug-likeness (QED) is 0.796. The molecule has 0 saturated carbocycles. The summed E-state index contributed by atoms with van der Waals surface area (Å²) in [6.45, 7) is 5.61. The van der Waals surface area contributed by atoms with Crippen molar-refractivity contribution in [1.29, 1.82) is 5.26 Å². The molecule has 0 unspecified atom stereocenters. The Hall–Kier alpha value is -2.06. The highest BCUT2D eigenvalue weighted by Gasteiger charge is 2.12. The number of ether oxygens (including phenoxy) is 1. The molecule has 0 atom stereocenters. The van der Waals surface area contributed by atoms with Gasteiger partial charge in [-0.3, -0.25) is 9.69 Å². The van der Waals surface area contributed by atoms with Gasteiger partial charge >= 0.3 is 5.97 Å². The van der Waals surface area contributed by atoms with E-state index < -0.39 is 5.97 Å². The first-order chi connectivity index (χ1) is 9.97. The molecule has 0 radical (unpaired) electrons. The van der Waals surface area contributed by atoms with Gasteiger partial charge in [-0.05, 0) is 44.5 Å². The van der Waals surface area contributed by atoms with Crippen LogP contribution in [0.15, 0.2) is 18.2 Å². The monoisotopic (exact) mass is 290 g/mol. The van der Waals surface area contributed by atoms with E-state index in [0.29, 0.717) is 30.3 Å². The van der Waals surface area contributed by atoms with E-state index in [2.05, 4.69) is 24.8 Å². The molecule has 0 aliphatic carbocycles. The first kappa shape index (κ1) is 17.0. The molecule has 0 aromatic heterocycles. The average molecular weight is 290 g/mol. The zero-order valence-electron chi connectivity index (χ0n) is 12.8. The van der Waals surface area contributed by atoms with Crippen LogP contribution in [0.3, 0.4) is 0 Å². The predicted octanol–water partition coefficient (Wildman–Crippen LogP) is 2.64. The number of carbonyl (C=O) groups is 1. The number of benzene rings is 1. The van der Waals surface area contributed by atoms with Crippen molar-refractivity contribution in [2.45, 2.75) is 39.3 Å². The molecule has 1 aromatic rings. The van der Waals surface area contributed by atoms with E-state index in [1.807, 2.05) is 12.1 Å². The van der Waals surface area contributed by atoms with Gasteiger partial charge in [0.15, 0.2) is 0 Å². The molecular formula is C16H22N2O3. The number of hydrogen-bond donors (Lipinski definition) is 1. The third kappa shape index (κ3) is 5.44. The maximum atomic E-state index is 10.6. The maximum absolute atomic E-state index is 10.6. The number of carboxylic acid groups (broad SMARTS) is 1. The van der Waals surface area contributed by atoms with Crippen molar-refractivity contribution in [2.75, 3.05) is 13.7 Å². The van der Waals surface area contributed by atoms with E-state index in [0.717, 1.165) is 12.1 Å². The van der Waals surface area contributed by atoms with Crippen molar-refractivity contribution >= 4 is 5.97 Å². The molecule has 0 saturated heterocycles. The van der Waals surface area contributed by atoms with E-state index in [1.54, 1.807) is 13.2 Å². The molecule has 0 heterocycles. The fourth-order valence-electron chi connectivity index (χ4n) is 2.11. The number of nitrogens with zero attached hydrogens (tertiary/aromatic N) is 2. The van der Waals surface area contributed by atoms with Crippen LogP contribution < -0.4 is 4.74 Å². The van der Waals surface area contributed by atoms with Crippen LogP contribution in [-0.2, 0) is 11.3 Å². The highest BCUT2D eigenvalue weighted by molar-refractivity contribution is 5.66. The first-order valence-electron chi connectivity index (χ1n) is 7.00. The molecule has 5 nitrogen and oxygen atoms in total. The third-order valence-corrected chi connectivity index (χ3v) is 3.34. The molecule has 1 aromatic carbocycles. The minimum atomic E-state index is -0.765. The summed E-state index contributed by atoms with van der Waals surface area (Å²) < 4.78 is 5.21. The van der Waals surface area contributed by atoms with E-state index >= 15 is 0 Å². The Bertz CT molecular complexity index is 521. The molecule has 0 aliphatic heterocycles. The fraction of sp³-hybridized carbons (Fsp3) is 0.500. The van der Waals surface area contributed by atoms with Gasteiger partial charge in [0.25, 0.3) is 0 Å². The van der Waals surface area contributed by atoms with Crippen LogP contribution in [-0.4, -0.2) is 35.7 Å². The third-order valence-electron chi connectivity index (χ3n) is 3.34. The fourth-order valence-corrected chi connectivity index (χ4v) is 2.11. The number of hydrogen-bond acceptors (Lipinski definition) is 4. The van der Waals surface area contributed by atoms with Crippen LogP contribution >= 0.6 is 0 Å². The molecule has 0 fully saturated rings. The van der Waals surface area contributed by atoms with Gasteiger partial charge in [-0.1, -0.05) is 6.07 Å². The van der Waals surface area contributed by atoms with Crippen LogP contribution in [0.25, 0.3) is 0 Å². The highest BCUT2D eigenvalue weighted by atomic mass is 16.5. The number of nitriles is 1. The summed E-state index contributed by atoms with van der Waals surface area (Å²) in [5, 5.41) is 17.7. The van der Waals surface area contributed by atoms with Crippen molar-refractivity contribution < 1.29 is 14.6 Å². The Balaban J connectivity index is 2.75. The summed E-state index contributed by atoms with van der Waals surface area (Å²) in [4.78, 5) is 12.8. The Morgan fingerprint density at radius 2 is 2.19 bits per heavy atom. The van der Waals surface area contributed by atoms with Crippen molar-refractivity contribution in [3.8, 4) is 11.8 Å². The van der Waals surface area contributed by atoms with Crippen molar-refractivity contribution in [3.05, 3.63) is 29.3 Å².